The van der Waals surface area contributed by atoms with E-state index in [9.17, 15) is 18.0 Å². The molecule has 1 aliphatic carbocycles. The fraction of sp³-hybridized carbons (Fsp3) is 0.933. The van der Waals surface area contributed by atoms with Crippen molar-refractivity contribution in [3.63, 3.8) is 0 Å². The second-order valence-electron chi connectivity index (χ2n) is 6.67. The number of urea groups is 1. The Bertz CT molecular complexity index is 406. The number of ether oxygens (including phenoxy) is 1. The first-order valence-corrected chi connectivity index (χ1v) is 8.12. The van der Waals surface area contributed by atoms with Crippen molar-refractivity contribution in [2.75, 3.05) is 20.2 Å². The summed E-state index contributed by atoms with van der Waals surface area (Å²) >= 11 is 0. The third-order valence-electron chi connectivity index (χ3n) is 4.76. The molecule has 1 spiro atoms. The van der Waals surface area contributed by atoms with Gasteiger partial charge in [-0.05, 0) is 25.7 Å². The van der Waals surface area contributed by atoms with E-state index in [1.165, 1.54) is 13.5 Å². The maximum atomic E-state index is 12.3. The number of carbonyl (C=O) groups is 1. The van der Waals surface area contributed by atoms with Gasteiger partial charge < -0.3 is 20.1 Å². The van der Waals surface area contributed by atoms with Crippen LogP contribution in [0, 0.1) is 0 Å². The van der Waals surface area contributed by atoms with Crippen LogP contribution < -0.4 is 5.32 Å². The average Bonchev–Trinajstić information content (AvgIpc) is 2.47. The zero-order valence-electron chi connectivity index (χ0n) is 13.4. The molecule has 2 N–H and O–H groups in total. The second-order valence-corrected chi connectivity index (χ2v) is 6.67. The third-order valence-corrected chi connectivity index (χ3v) is 4.76. The molecule has 5 nitrogen and oxygen atoms in total. The van der Waals surface area contributed by atoms with Gasteiger partial charge in [-0.2, -0.15) is 13.2 Å². The molecule has 0 radical (unpaired) electrons. The molecule has 0 bridgehead atoms. The van der Waals surface area contributed by atoms with Crippen LogP contribution in [0.25, 0.3) is 0 Å². The van der Waals surface area contributed by atoms with Gasteiger partial charge in [0.25, 0.3) is 0 Å². The largest absolute Gasteiger partial charge is 0.416 e. The third kappa shape index (κ3) is 4.97. The molecule has 2 amide bonds. The van der Waals surface area contributed by atoms with Crippen molar-refractivity contribution in [2.45, 2.75) is 68.9 Å². The molecule has 1 saturated carbocycles. The number of aliphatic hydroxyl groups is 1. The molecule has 2 atom stereocenters. The first-order valence-electron chi connectivity index (χ1n) is 8.12. The Hall–Kier alpha value is -1.02. The van der Waals surface area contributed by atoms with Gasteiger partial charge in [0.2, 0.25) is 0 Å². The fourth-order valence-electron chi connectivity index (χ4n) is 3.43. The number of hydrogen-bond donors (Lipinski definition) is 2. The lowest BCUT2D eigenvalue weighted by molar-refractivity contribution is -0.205. The van der Waals surface area contributed by atoms with Crippen LogP contribution in [0.4, 0.5) is 18.0 Å². The highest BCUT2D eigenvalue weighted by molar-refractivity contribution is 5.74. The lowest BCUT2D eigenvalue weighted by Gasteiger charge is -2.43. The summed E-state index contributed by atoms with van der Waals surface area (Å²) in [6.07, 6.45) is -0.532. The van der Waals surface area contributed by atoms with Crippen LogP contribution in [0.1, 0.15) is 44.9 Å². The summed E-state index contributed by atoms with van der Waals surface area (Å²) in [6, 6.07) is -0.689. The first kappa shape index (κ1) is 18.3. The Morgan fingerprint density at radius 2 is 2.04 bits per heavy atom. The molecule has 1 heterocycles. The van der Waals surface area contributed by atoms with E-state index in [4.69, 9.17) is 9.84 Å². The first-order chi connectivity index (χ1) is 10.7. The molecule has 134 valence electrons. The zero-order chi connectivity index (χ0) is 17.1. The minimum atomic E-state index is -4.72. The number of likely N-dealkylation sites (N-methyl/N-ethyl adjacent to an activating group) is 1. The molecule has 8 heteroatoms. The van der Waals surface area contributed by atoms with E-state index in [0.717, 1.165) is 30.6 Å². The highest BCUT2D eigenvalue weighted by atomic mass is 19.4. The van der Waals surface area contributed by atoms with Gasteiger partial charge in [0.1, 0.15) is 0 Å². The van der Waals surface area contributed by atoms with E-state index in [2.05, 4.69) is 5.32 Å². The van der Waals surface area contributed by atoms with Crippen LogP contribution in [-0.4, -0.2) is 60.2 Å². The average molecular weight is 338 g/mol. The Morgan fingerprint density at radius 3 is 2.65 bits per heavy atom. The van der Waals surface area contributed by atoms with Gasteiger partial charge >= 0.3 is 12.2 Å². The van der Waals surface area contributed by atoms with Crippen molar-refractivity contribution < 1.29 is 27.8 Å². The minimum absolute atomic E-state index is 0.0974. The molecular formula is C15H25F3N2O3. The lowest BCUT2D eigenvalue weighted by Crippen LogP contribution is -2.53. The van der Waals surface area contributed by atoms with Gasteiger partial charge in [0.15, 0.2) is 6.10 Å². The van der Waals surface area contributed by atoms with Crippen LogP contribution in [0.3, 0.4) is 0 Å². The Labute approximate surface area is 134 Å². The van der Waals surface area contributed by atoms with Crippen molar-refractivity contribution in [1.82, 2.24) is 10.2 Å². The lowest BCUT2D eigenvalue weighted by atomic mass is 9.78. The number of nitrogens with one attached hydrogen (secondary N) is 1. The predicted octanol–water partition coefficient (Wildman–Crippen LogP) is 2.43. The van der Waals surface area contributed by atoms with Crippen molar-refractivity contribution in [3.05, 3.63) is 0 Å². The van der Waals surface area contributed by atoms with E-state index in [0.29, 0.717) is 19.4 Å². The van der Waals surface area contributed by atoms with Crippen LogP contribution in [0.2, 0.25) is 0 Å². The fourth-order valence-corrected chi connectivity index (χ4v) is 3.43. The summed E-state index contributed by atoms with van der Waals surface area (Å²) in [4.78, 5) is 12.9. The molecule has 1 aliphatic heterocycles. The number of carbonyl (C=O) groups excluding carboxylic acids is 1. The maximum absolute atomic E-state index is 12.3. The van der Waals surface area contributed by atoms with Gasteiger partial charge in [0.05, 0.1) is 12.1 Å². The number of halogens is 3. The Morgan fingerprint density at radius 1 is 1.39 bits per heavy atom. The number of aliphatic hydroxyl groups excluding tert-OH is 1. The number of amides is 2. The molecule has 1 saturated heterocycles. The van der Waals surface area contributed by atoms with Crippen molar-refractivity contribution >= 4 is 6.03 Å². The normalized spacial score (nSPS) is 25.9. The quantitative estimate of drug-likeness (QED) is 0.831. The summed E-state index contributed by atoms with van der Waals surface area (Å²) in [5.74, 6) is 0. The standard InChI is InChI=1S/C15H25F3N2O3/c1-20(10-12(21)15(16,17)18)13(22)19-11-5-8-23-14(9-11)6-3-2-4-7-14/h11-12,21H,2-10H2,1H3,(H,19,22). The highest BCUT2D eigenvalue weighted by Crippen LogP contribution is 2.38. The Kier molecular flexibility index (Phi) is 5.78. The molecule has 2 rings (SSSR count). The summed E-state index contributed by atoms with van der Waals surface area (Å²) in [5.41, 5.74) is -0.182. The molecule has 2 unspecified atom stereocenters. The zero-order valence-corrected chi connectivity index (χ0v) is 13.4. The topological polar surface area (TPSA) is 61.8 Å². The molecular weight excluding hydrogens is 313 g/mol. The van der Waals surface area contributed by atoms with Gasteiger partial charge in [-0.1, -0.05) is 19.3 Å². The molecule has 2 fully saturated rings. The molecule has 0 aromatic carbocycles. The van der Waals surface area contributed by atoms with Gasteiger partial charge in [-0.25, -0.2) is 4.79 Å². The SMILES string of the molecule is CN(CC(O)C(F)(F)F)C(=O)NC1CCOC2(CCCCC2)C1. The number of alkyl halides is 3. The number of hydrogen-bond acceptors (Lipinski definition) is 3. The van der Waals surface area contributed by atoms with E-state index in [1.807, 2.05) is 0 Å². The van der Waals surface area contributed by atoms with E-state index >= 15 is 0 Å². The molecule has 23 heavy (non-hydrogen) atoms. The Balaban J connectivity index is 1.84. The van der Waals surface area contributed by atoms with Gasteiger partial charge in [-0.3, -0.25) is 0 Å². The van der Waals surface area contributed by atoms with Crippen molar-refractivity contribution in [3.8, 4) is 0 Å². The second kappa shape index (κ2) is 7.25. The number of rotatable bonds is 3. The number of nitrogens with zero attached hydrogens (tertiary/aromatic N) is 1. The van der Waals surface area contributed by atoms with E-state index in [-0.39, 0.29) is 11.6 Å². The summed E-state index contributed by atoms with van der Waals surface area (Å²) < 4.78 is 43.0. The van der Waals surface area contributed by atoms with Crippen LogP contribution >= 0.6 is 0 Å². The molecule has 2 aliphatic rings. The van der Waals surface area contributed by atoms with Gasteiger partial charge in [-0.15, -0.1) is 0 Å². The molecule has 0 aromatic rings. The van der Waals surface area contributed by atoms with Crippen LogP contribution in [0.5, 0.6) is 0 Å². The van der Waals surface area contributed by atoms with Gasteiger partial charge in [0, 0.05) is 19.7 Å². The van der Waals surface area contributed by atoms with Crippen LogP contribution in [0.15, 0.2) is 0 Å². The molecule has 0 aromatic heterocycles. The van der Waals surface area contributed by atoms with Crippen LogP contribution in [-0.2, 0) is 4.74 Å². The highest BCUT2D eigenvalue weighted by Gasteiger charge is 2.41. The predicted molar refractivity (Wildman–Crippen MR) is 78.0 cm³/mol. The summed E-state index contributed by atoms with van der Waals surface area (Å²) in [7, 11) is 1.25. The summed E-state index contributed by atoms with van der Waals surface area (Å²) in [6.45, 7) is -0.219. The van der Waals surface area contributed by atoms with Crippen molar-refractivity contribution in [2.24, 2.45) is 0 Å². The van der Waals surface area contributed by atoms with Crippen molar-refractivity contribution in [1.29, 1.82) is 0 Å². The maximum Gasteiger partial charge on any atom is 0.416 e. The monoisotopic (exact) mass is 338 g/mol. The van der Waals surface area contributed by atoms with E-state index < -0.39 is 24.9 Å². The minimum Gasteiger partial charge on any atom is -0.382 e. The van der Waals surface area contributed by atoms with E-state index in [1.54, 1.807) is 0 Å². The smallest absolute Gasteiger partial charge is 0.382 e. The summed E-state index contributed by atoms with van der Waals surface area (Å²) in [5, 5.41) is 11.8.